The van der Waals surface area contributed by atoms with E-state index >= 15 is 0 Å². The Morgan fingerprint density at radius 3 is 2.71 bits per heavy atom. The van der Waals surface area contributed by atoms with Crippen LogP contribution < -0.4 is 0 Å². The molecule has 0 saturated carbocycles. The number of hydrogen-bond donors (Lipinski definition) is 0. The van der Waals surface area contributed by atoms with E-state index < -0.39 is 5.82 Å². The third kappa shape index (κ3) is 3.35. The van der Waals surface area contributed by atoms with Crippen LogP contribution in [0, 0.1) is 11.6 Å². The van der Waals surface area contributed by atoms with Crippen molar-refractivity contribution in [3.8, 4) is 0 Å². The molecule has 0 unspecified atom stereocenters. The Hall–Kier alpha value is -0.480. The minimum atomic E-state index is -0.395. The number of halogens is 3. The average Bonchev–Trinajstić information content (AvgIpc) is 2.12. The third-order valence-electron chi connectivity index (χ3n) is 1.91. The Labute approximate surface area is 90.8 Å². The summed E-state index contributed by atoms with van der Waals surface area (Å²) in [5.41, 5.74) is 0.397. The van der Waals surface area contributed by atoms with Gasteiger partial charge >= 0.3 is 0 Å². The van der Waals surface area contributed by atoms with Crippen molar-refractivity contribution in [2.24, 2.45) is 0 Å². The maximum atomic E-state index is 13.2. The van der Waals surface area contributed by atoms with Crippen molar-refractivity contribution in [1.29, 1.82) is 0 Å². The van der Waals surface area contributed by atoms with Crippen molar-refractivity contribution < 1.29 is 8.78 Å². The second kappa shape index (κ2) is 5.41. The Morgan fingerprint density at radius 2 is 2.07 bits per heavy atom. The van der Waals surface area contributed by atoms with Crippen LogP contribution in [0.5, 0.6) is 0 Å². The molecule has 1 rings (SSSR count). The van der Waals surface area contributed by atoms with Gasteiger partial charge in [-0.2, -0.15) is 0 Å². The number of nitrogens with zero attached hydrogens (tertiary/aromatic N) is 1. The second-order valence-corrected chi connectivity index (χ2v) is 3.96. The Morgan fingerprint density at radius 1 is 1.36 bits per heavy atom. The predicted molar refractivity (Wildman–Crippen MR) is 56.5 cm³/mol. The van der Waals surface area contributed by atoms with E-state index in [9.17, 15) is 8.78 Å². The van der Waals surface area contributed by atoms with Gasteiger partial charge in [-0.15, -0.1) is 0 Å². The van der Waals surface area contributed by atoms with Gasteiger partial charge in [0.1, 0.15) is 11.6 Å². The van der Waals surface area contributed by atoms with E-state index in [2.05, 4.69) is 15.9 Å². The molecule has 0 bridgehead atoms. The lowest BCUT2D eigenvalue weighted by molar-refractivity contribution is 0.342. The summed E-state index contributed by atoms with van der Waals surface area (Å²) in [6.07, 6.45) is 0. The first-order chi connectivity index (χ1) is 6.63. The molecule has 78 valence electrons. The summed E-state index contributed by atoms with van der Waals surface area (Å²) < 4.78 is 26.0. The molecule has 0 radical (unpaired) electrons. The highest BCUT2D eigenvalue weighted by molar-refractivity contribution is 9.09. The smallest absolute Gasteiger partial charge is 0.127 e. The van der Waals surface area contributed by atoms with Crippen LogP contribution in [0.4, 0.5) is 8.78 Å². The molecule has 0 heterocycles. The SMILES string of the molecule is CN(CCBr)Cc1cc(F)ccc1F. The molecule has 0 amide bonds. The molecule has 0 saturated heterocycles. The van der Waals surface area contributed by atoms with E-state index in [0.29, 0.717) is 12.1 Å². The van der Waals surface area contributed by atoms with Gasteiger partial charge in [-0.1, -0.05) is 15.9 Å². The first kappa shape index (κ1) is 11.6. The van der Waals surface area contributed by atoms with Crippen molar-refractivity contribution >= 4 is 15.9 Å². The molecule has 0 aliphatic rings. The van der Waals surface area contributed by atoms with Crippen LogP contribution in [0.25, 0.3) is 0 Å². The van der Waals surface area contributed by atoms with E-state index in [1.165, 1.54) is 6.07 Å². The van der Waals surface area contributed by atoms with E-state index in [1.54, 1.807) is 0 Å². The first-order valence-electron chi connectivity index (χ1n) is 4.32. The van der Waals surface area contributed by atoms with Crippen LogP contribution in [0.2, 0.25) is 0 Å². The molecule has 0 aliphatic carbocycles. The van der Waals surface area contributed by atoms with Gasteiger partial charge in [0.25, 0.3) is 0 Å². The highest BCUT2D eigenvalue weighted by Gasteiger charge is 2.06. The topological polar surface area (TPSA) is 3.24 Å². The fourth-order valence-corrected chi connectivity index (χ4v) is 1.78. The molecule has 0 spiro atoms. The van der Waals surface area contributed by atoms with Crippen LogP contribution in [0.1, 0.15) is 5.56 Å². The molecule has 1 nitrogen and oxygen atoms in total. The van der Waals surface area contributed by atoms with E-state index in [4.69, 9.17) is 0 Å². The predicted octanol–water partition coefficient (Wildman–Crippen LogP) is 2.79. The van der Waals surface area contributed by atoms with Gasteiger partial charge in [-0.3, -0.25) is 0 Å². The summed E-state index contributed by atoms with van der Waals surface area (Å²) in [5.74, 6) is -0.749. The third-order valence-corrected chi connectivity index (χ3v) is 2.27. The van der Waals surface area contributed by atoms with Gasteiger partial charge in [-0.05, 0) is 25.2 Å². The minimum Gasteiger partial charge on any atom is -0.301 e. The van der Waals surface area contributed by atoms with E-state index in [-0.39, 0.29) is 5.82 Å². The molecular formula is C10H12BrF2N. The van der Waals surface area contributed by atoms with Crippen LogP contribution in [-0.4, -0.2) is 23.8 Å². The van der Waals surface area contributed by atoms with Gasteiger partial charge < -0.3 is 4.90 Å². The van der Waals surface area contributed by atoms with Gasteiger partial charge in [0.15, 0.2) is 0 Å². The molecule has 1 aromatic carbocycles. The maximum absolute atomic E-state index is 13.2. The van der Waals surface area contributed by atoms with Crippen LogP contribution in [0.15, 0.2) is 18.2 Å². The summed E-state index contributed by atoms with van der Waals surface area (Å²) in [6, 6.07) is 3.52. The highest BCUT2D eigenvalue weighted by Crippen LogP contribution is 2.11. The molecule has 1 aromatic rings. The molecule has 0 N–H and O–H groups in total. The van der Waals surface area contributed by atoms with Crippen molar-refractivity contribution in [3.05, 3.63) is 35.4 Å². The summed E-state index contributed by atoms with van der Waals surface area (Å²) in [5, 5.41) is 0.820. The quantitative estimate of drug-likeness (QED) is 0.756. The second-order valence-electron chi connectivity index (χ2n) is 3.16. The number of benzene rings is 1. The lowest BCUT2D eigenvalue weighted by Crippen LogP contribution is -2.20. The maximum Gasteiger partial charge on any atom is 0.127 e. The lowest BCUT2D eigenvalue weighted by atomic mass is 10.2. The van der Waals surface area contributed by atoms with E-state index in [0.717, 1.165) is 24.0 Å². The molecule has 14 heavy (non-hydrogen) atoms. The van der Waals surface area contributed by atoms with Gasteiger partial charge in [0.05, 0.1) is 0 Å². The molecule has 0 aromatic heterocycles. The normalized spacial score (nSPS) is 10.9. The molecule has 0 atom stereocenters. The van der Waals surface area contributed by atoms with Crippen LogP contribution in [0.3, 0.4) is 0 Å². The zero-order valence-electron chi connectivity index (χ0n) is 7.93. The Balaban J connectivity index is 2.70. The Bertz CT molecular complexity index is 304. The van der Waals surface area contributed by atoms with Crippen molar-refractivity contribution in [2.75, 3.05) is 18.9 Å². The average molecular weight is 264 g/mol. The summed E-state index contributed by atoms with van der Waals surface area (Å²) in [4.78, 5) is 1.92. The van der Waals surface area contributed by atoms with Gasteiger partial charge in [-0.25, -0.2) is 8.78 Å². The summed E-state index contributed by atoms with van der Waals surface area (Å²) in [7, 11) is 1.87. The van der Waals surface area contributed by atoms with Crippen LogP contribution >= 0.6 is 15.9 Å². The lowest BCUT2D eigenvalue weighted by Gasteiger charge is -2.15. The van der Waals surface area contributed by atoms with Crippen molar-refractivity contribution in [2.45, 2.75) is 6.54 Å². The minimum absolute atomic E-state index is 0.354. The van der Waals surface area contributed by atoms with Gasteiger partial charge in [0, 0.05) is 24.0 Å². The monoisotopic (exact) mass is 263 g/mol. The Kier molecular flexibility index (Phi) is 4.48. The summed E-state index contributed by atoms with van der Waals surface area (Å²) in [6.45, 7) is 1.23. The highest BCUT2D eigenvalue weighted by atomic mass is 79.9. The standard InChI is InChI=1S/C10H12BrF2N/c1-14(5-4-11)7-8-6-9(12)2-3-10(8)13/h2-3,6H,4-5,7H2,1H3. The fourth-order valence-electron chi connectivity index (χ4n) is 1.18. The van der Waals surface area contributed by atoms with Crippen molar-refractivity contribution in [1.82, 2.24) is 4.90 Å². The molecule has 4 heteroatoms. The number of rotatable bonds is 4. The zero-order valence-corrected chi connectivity index (χ0v) is 9.52. The van der Waals surface area contributed by atoms with Gasteiger partial charge in [0.2, 0.25) is 0 Å². The van der Waals surface area contributed by atoms with Crippen molar-refractivity contribution in [3.63, 3.8) is 0 Å². The number of alkyl halides is 1. The summed E-state index contributed by atoms with van der Waals surface area (Å²) >= 11 is 3.29. The van der Waals surface area contributed by atoms with Crippen LogP contribution in [-0.2, 0) is 6.54 Å². The number of hydrogen-bond acceptors (Lipinski definition) is 1. The molecular weight excluding hydrogens is 252 g/mol. The fraction of sp³-hybridized carbons (Fsp3) is 0.400. The molecule has 0 aliphatic heterocycles. The zero-order chi connectivity index (χ0) is 10.6. The van der Waals surface area contributed by atoms with E-state index in [1.807, 2.05) is 11.9 Å². The largest absolute Gasteiger partial charge is 0.301 e. The first-order valence-corrected chi connectivity index (χ1v) is 5.44. The molecule has 0 fully saturated rings.